The van der Waals surface area contributed by atoms with Crippen LogP contribution in [0.15, 0.2) is 59.8 Å². The standard InChI is InChI=1S/C37H41F2N5O9S/c1-36(2,3)30-33(46)44-19-21(17-28(44)32(45)41-37(18-27(37)31(38)39)34(47)43-54(49,50)22-11-12-22)53-42-29-25-9-5-4-8-23(25)24-13-10-20(16-26(24)29)51-14-6-7-15-52-35(48)40-30/h4-10,13,16,21-22,27-28,30-31H,11-12,14-15,17-19H2,1-3H3,(H,40,48)(H,41,45)(H,43,47)/b7-6-,42-29?/t21-,27+,28+,30-,37-/m1/s1. The lowest BCUT2D eigenvalue weighted by Gasteiger charge is -2.35. The van der Waals surface area contributed by atoms with Gasteiger partial charge >= 0.3 is 6.09 Å². The molecule has 0 spiro atoms. The molecular formula is C37H41F2N5O9S. The normalized spacial score (nSPS) is 27.4. The van der Waals surface area contributed by atoms with E-state index in [2.05, 4.69) is 15.8 Å². The molecule has 3 N–H and O–H groups in total. The molecule has 3 aliphatic carbocycles. The van der Waals surface area contributed by atoms with Crippen LogP contribution in [0.4, 0.5) is 13.6 Å². The Balaban J connectivity index is 1.23. The molecule has 4 amide bonds. The molecule has 2 aliphatic heterocycles. The highest BCUT2D eigenvalue weighted by Crippen LogP contribution is 2.48. The van der Waals surface area contributed by atoms with Crippen LogP contribution < -0.4 is 20.1 Å². The van der Waals surface area contributed by atoms with Gasteiger partial charge in [0.1, 0.15) is 48.4 Å². The highest BCUT2D eigenvalue weighted by molar-refractivity contribution is 7.91. The zero-order chi connectivity index (χ0) is 38.6. The Morgan fingerprint density at radius 2 is 1.69 bits per heavy atom. The van der Waals surface area contributed by atoms with E-state index in [0.29, 0.717) is 24.3 Å². The van der Waals surface area contributed by atoms with Crippen molar-refractivity contribution in [3.8, 4) is 16.9 Å². The zero-order valence-electron chi connectivity index (χ0n) is 29.8. The smallest absolute Gasteiger partial charge is 0.408 e. The van der Waals surface area contributed by atoms with Crippen molar-refractivity contribution >= 4 is 39.5 Å². The number of hydrogen-bond acceptors (Lipinski definition) is 10. The molecule has 288 valence electrons. The number of ether oxygens (including phenoxy) is 2. The van der Waals surface area contributed by atoms with E-state index in [9.17, 15) is 36.4 Å². The third-order valence-electron chi connectivity index (χ3n) is 10.3. The van der Waals surface area contributed by atoms with E-state index in [1.54, 1.807) is 32.9 Å². The molecule has 7 rings (SSSR count). The van der Waals surface area contributed by atoms with Crippen molar-refractivity contribution in [2.24, 2.45) is 16.5 Å². The third-order valence-corrected chi connectivity index (χ3v) is 12.1. The number of alkyl halides is 2. The van der Waals surface area contributed by atoms with Crippen LogP contribution in [0, 0.1) is 11.3 Å². The number of nitrogens with one attached hydrogen (secondary N) is 3. The number of rotatable bonds is 6. The van der Waals surface area contributed by atoms with Crippen molar-refractivity contribution < 1.29 is 50.7 Å². The van der Waals surface area contributed by atoms with E-state index in [1.165, 1.54) is 4.90 Å². The highest BCUT2D eigenvalue weighted by atomic mass is 32.2. The number of halogens is 2. The van der Waals surface area contributed by atoms with Gasteiger partial charge in [-0.3, -0.25) is 19.1 Å². The lowest BCUT2D eigenvalue weighted by Crippen LogP contribution is -2.60. The molecule has 0 unspecified atom stereocenters. The third kappa shape index (κ3) is 7.24. The monoisotopic (exact) mass is 769 g/mol. The molecule has 17 heteroatoms. The van der Waals surface area contributed by atoms with Crippen LogP contribution in [0.5, 0.6) is 5.75 Å². The molecule has 0 aromatic heterocycles. The molecule has 54 heavy (non-hydrogen) atoms. The van der Waals surface area contributed by atoms with Crippen LogP contribution in [0.3, 0.4) is 0 Å². The number of nitrogens with zero attached hydrogens (tertiary/aromatic N) is 2. The molecule has 2 aromatic carbocycles. The number of cyclic esters (lactones) is 1. The van der Waals surface area contributed by atoms with Crippen LogP contribution in [-0.4, -0.2) is 98.0 Å². The summed E-state index contributed by atoms with van der Waals surface area (Å²) in [5.74, 6) is -4.04. The quantitative estimate of drug-likeness (QED) is 0.317. The lowest BCUT2D eigenvalue weighted by atomic mass is 9.85. The van der Waals surface area contributed by atoms with Crippen LogP contribution in [-0.2, 0) is 34.0 Å². The van der Waals surface area contributed by atoms with Gasteiger partial charge in [0, 0.05) is 17.5 Å². The number of alkyl carbamates (subject to hydrolysis) is 1. The Morgan fingerprint density at radius 3 is 2.35 bits per heavy atom. The van der Waals surface area contributed by atoms with Gasteiger partial charge in [0.2, 0.25) is 28.3 Å². The van der Waals surface area contributed by atoms with Crippen LogP contribution in [0.25, 0.3) is 11.1 Å². The SMILES string of the molecule is CC(C)(C)[C@@H]1NC(=O)OC/C=C\COc2ccc3c(c2)C(=NO[C@@H]2C[C@@H](C(=O)N[C@]4(C(=O)NS(=O)(=O)C5CC5)C[C@H]4C(F)F)N(C2)C1=O)c1ccccc1-3. The molecular weight excluding hydrogens is 728 g/mol. The van der Waals surface area contributed by atoms with E-state index < -0.39 is 87.0 Å². The predicted octanol–water partition coefficient (Wildman–Crippen LogP) is 3.24. The summed E-state index contributed by atoms with van der Waals surface area (Å²) in [5, 5.41) is 8.72. The number of hydrogen-bond donors (Lipinski definition) is 3. The predicted molar refractivity (Wildman–Crippen MR) is 190 cm³/mol. The molecule has 4 bridgehead atoms. The Hall–Kier alpha value is -5.06. The number of amides is 4. The first-order valence-corrected chi connectivity index (χ1v) is 19.3. The zero-order valence-corrected chi connectivity index (χ0v) is 30.7. The number of sulfonamides is 1. The van der Waals surface area contributed by atoms with Crippen LogP contribution in [0.2, 0.25) is 0 Å². The molecule has 14 nitrogen and oxygen atoms in total. The van der Waals surface area contributed by atoms with Gasteiger partial charge in [-0.1, -0.05) is 50.2 Å². The number of fused-ring (bicyclic) bond motifs is 6. The van der Waals surface area contributed by atoms with Gasteiger partial charge < -0.3 is 29.8 Å². The van der Waals surface area contributed by atoms with Gasteiger partial charge in [0.25, 0.3) is 5.91 Å². The second-order valence-corrected chi connectivity index (χ2v) is 17.2. The molecule has 3 fully saturated rings. The van der Waals surface area contributed by atoms with Crippen molar-refractivity contribution in [2.45, 2.75) is 81.9 Å². The van der Waals surface area contributed by atoms with Crippen molar-refractivity contribution in [3.63, 3.8) is 0 Å². The Kier molecular flexibility index (Phi) is 9.64. The maximum atomic E-state index is 14.4. The molecule has 2 saturated carbocycles. The first-order chi connectivity index (χ1) is 25.6. The fourth-order valence-corrected chi connectivity index (χ4v) is 8.49. The first kappa shape index (κ1) is 37.3. The lowest BCUT2D eigenvalue weighted by molar-refractivity contribution is -0.143. The van der Waals surface area contributed by atoms with Crippen molar-refractivity contribution in [2.75, 3.05) is 19.8 Å². The van der Waals surface area contributed by atoms with E-state index in [4.69, 9.17) is 14.3 Å². The average Bonchev–Trinajstić information content (AvgIpc) is 4.03. The molecule has 2 aromatic rings. The fraction of sp³-hybridized carbons (Fsp3) is 0.486. The summed E-state index contributed by atoms with van der Waals surface area (Å²) in [4.78, 5) is 62.0. The summed E-state index contributed by atoms with van der Waals surface area (Å²) < 4.78 is 66.5. The topological polar surface area (TPSA) is 182 Å². The first-order valence-electron chi connectivity index (χ1n) is 17.7. The second-order valence-electron chi connectivity index (χ2n) is 15.3. The molecule has 5 aliphatic rings. The van der Waals surface area contributed by atoms with Gasteiger partial charge in [0.15, 0.2) is 0 Å². The molecule has 2 heterocycles. The maximum Gasteiger partial charge on any atom is 0.408 e. The summed E-state index contributed by atoms with van der Waals surface area (Å²) in [6.07, 6.45) is -1.63. The van der Waals surface area contributed by atoms with E-state index in [-0.39, 0.29) is 26.2 Å². The maximum absolute atomic E-state index is 14.4. The summed E-state index contributed by atoms with van der Waals surface area (Å²) in [7, 11) is -4.13. The Bertz CT molecular complexity index is 2050. The minimum atomic E-state index is -4.13. The fourth-order valence-electron chi connectivity index (χ4n) is 7.12. The van der Waals surface area contributed by atoms with Crippen LogP contribution >= 0.6 is 0 Å². The summed E-state index contributed by atoms with van der Waals surface area (Å²) in [6.45, 7) is 4.95. The minimum Gasteiger partial charge on any atom is -0.490 e. The van der Waals surface area contributed by atoms with Gasteiger partial charge in [0.05, 0.1) is 17.7 Å². The van der Waals surface area contributed by atoms with E-state index in [1.807, 2.05) is 47.2 Å². The number of carbonyl (C=O) groups excluding carboxylic acids is 4. The van der Waals surface area contributed by atoms with Gasteiger partial charge in [-0.15, -0.1) is 0 Å². The summed E-state index contributed by atoms with van der Waals surface area (Å²) in [5.41, 5.74) is 0.661. The summed E-state index contributed by atoms with van der Waals surface area (Å²) in [6, 6.07) is 10.5. The van der Waals surface area contributed by atoms with Crippen molar-refractivity contribution in [3.05, 3.63) is 65.7 Å². The van der Waals surface area contributed by atoms with Gasteiger partial charge in [-0.25, -0.2) is 22.0 Å². The van der Waals surface area contributed by atoms with Crippen LogP contribution in [0.1, 0.15) is 57.6 Å². The average molecular weight is 770 g/mol. The Morgan fingerprint density at radius 1 is 1.00 bits per heavy atom. The van der Waals surface area contributed by atoms with Crippen molar-refractivity contribution in [1.82, 2.24) is 20.3 Å². The van der Waals surface area contributed by atoms with Gasteiger partial charge in [-0.05, 0) is 66.2 Å². The molecule has 0 radical (unpaired) electrons. The molecule has 5 atom stereocenters. The van der Waals surface area contributed by atoms with Crippen molar-refractivity contribution in [1.29, 1.82) is 0 Å². The minimum absolute atomic E-state index is 0.132. The summed E-state index contributed by atoms with van der Waals surface area (Å²) >= 11 is 0. The van der Waals surface area contributed by atoms with E-state index >= 15 is 0 Å². The van der Waals surface area contributed by atoms with Gasteiger partial charge in [-0.2, -0.15) is 0 Å². The van der Waals surface area contributed by atoms with E-state index in [0.717, 1.165) is 22.3 Å². The Labute approximate surface area is 310 Å². The highest BCUT2D eigenvalue weighted by Gasteiger charge is 2.67. The molecule has 1 saturated heterocycles. The number of oxime groups is 1. The number of benzene rings is 2. The second kappa shape index (κ2) is 14.0. The largest absolute Gasteiger partial charge is 0.490 e. The number of carbonyl (C=O) groups is 4.